The molecule has 0 N–H and O–H groups in total. The summed E-state index contributed by atoms with van der Waals surface area (Å²) in [6.07, 6.45) is 0.645. The second-order valence-corrected chi connectivity index (χ2v) is 5.25. The maximum absolute atomic E-state index is 12.5. The Balaban J connectivity index is 2.09. The summed E-state index contributed by atoms with van der Waals surface area (Å²) in [7, 11) is 0. The summed E-state index contributed by atoms with van der Waals surface area (Å²) in [5, 5.41) is -0.322. The summed E-state index contributed by atoms with van der Waals surface area (Å²) < 4.78 is 0. The Morgan fingerprint density at radius 2 is 1.60 bits per heavy atom. The number of hydrogen-bond acceptors (Lipinski definition) is 2. The number of thiol groups is 1. The topological polar surface area (TPSA) is 20.3 Å². The van der Waals surface area contributed by atoms with Crippen molar-refractivity contribution >= 4 is 24.2 Å². The van der Waals surface area contributed by atoms with Crippen molar-refractivity contribution in [3.63, 3.8) is 0 Å². The van der Waals surface area contributed by atoms with Gasteiger partial charge < -0.3 is 4.90 Å². The van der Waals surface area contributed by atoms with E-state index >= 15 is 0 Å². The second-order valence-electron chi connectivity index (χ2n) is 4.62. The van der Waals surface area contributed by atoms with Crippen LogP contribution in [-0.4, -0.2) is 17.7 Å². The van der Waals surface area contributed by atoms with Crippen LogP contribution in [0.3, 0.4) is 0 Å². The van der Waals surface area contributed by atoms with E-state index in [4.69, 9.17) is 0 Å². The van der Waals surface area contributed by atoms with Crippen molar-refractivity contribution in [3.05, 3.63) is 66.2 Å². The van der Waals surface area contributed by atoms with Crippen molar-refractivity contribution < 1.29 is 4.79 Å². The van der Waals surface area contributed by atoms with E-state index in [2.05, 4.69) is 12.6 Å². The molecule has 0 aliphatic heterocycles. The van der Waals surface area contributed by atoms with Crippen molar-refractivity contribution in [3.8, 4) is 0 Å². The maximum atomic E-state index is 12.5. The largest absolute Gasteiger partial charge is 0.312 e. The van der Waals surface area contributed by atoms with Gasteiger partial charge in [0.2, 0.25) is 5.91 Å². The van der Waals surface area contributed by atoms with Gasteiger partial charge in [0, 0.05) is 12.2 Å². The van der Waals surface area contributed by atoms with Crippen LogP contribution in [0.4, 0.5) is 5.69 Å². The molecule has 2 aromatic rings. The monoisotopic (exact) mass is 285 g/mol. The Kier molecular flexibility index (Phi) is 5.24. The molecule has 0 heterocycles. The van der Waals surface area contributed by atoms with Crippen molar-refractivity contribution in [2.75, 3.05) is 11.4 Å². The lowest BCUT2D eigenvalue weighted by Crippen LogP contribution is -2.37. The first-order chi connectivity index (χ1) is 9.72. The quantitative estimate of drug-likeness (QED) is 0.833. The predicted molar refractivity (Wildman–Crippen MR) is 87.4 cm³/mol. The average molecular weight is 285 g/mol. The van der Waals surface area contributed by atoms with Crippen LogP contribution in [0.25, 0.3) is 0 Å². The fourth-order valence-corrected chi connectivity index (χ4v) is 2.53. The Morgan fingerprint density at radius 3 is 2.15 bits per heavy atom. The standard InChI is InChI=1S/C17H19NOS/c1-2-18(15-11-7-4-8-12-15)17(19)16(20)13-14-9-5-3-6-10-14/h3-12,16,20H,2,13H2,1H3. The Labute approximate surface area is 125 Å². The maximum Gasteiger partial charge on any atom is 0.240 e. The molecule has 0 saturated carbocycles. The molecule has 1 amide bonds. The van der Waals surface area contributed by atoms with Crippen LogP contribution in [0.2, 0.25) is 0 Å². The first kappa shape index (κ1) is 14.7. The van der Waals surface area contributed by atoms with Gasteiger partial charge in [-0.15, -0.1) is 0 Å². The fraction of sp³-hybridized carbons (Fsp3) is 0.235. The van der Waals surface area contributed by atoms with Crippen LogP contribution in [0.5, 0.6) is 0 Å². The highest BCUT2D eigenvalue weighted by Crippen LogP contribution is 2.17. The molecule has 0 saturated heterocycles. The summed E-state index contributed by atoms with van der Waals surface area (Å²) in [6, 6.07) is 19.7. The Bertz CT molecular complexity index is 541. The molecule has 0 aliphatic carbocycles. The van der Waals surface area contributed by atoms with Crippen LogP contribution in [-0.2, 0) is 11.2 Å². The van der Waals surface area contributed by atoms with E-state index in [9.17, 15) is 4.79 Å². The number of nitrogens with zero attached hydrogens (tertiary/aromatic N) is 1. The molecule has 0 radical (unpaired) electrons. The van der Waals surface area contributed by atoms with E-state index in [0.29, 0.717) is 13.0 Å². The van der Waals surface area contributed by atoms with Gasteiger partial charge in [-0.2, -0.15) is 12.6 Å². The van der Waals surface area contributed by atoms with Gasteiger partial charge in [-0.05, 0) is 31.0 Å². The van der Waals surface area contributed by atoms with Crippen LogP contribution < -0.4 is 4.90 Å². The van der Waals surface area contributed by atoms with Crippen molar-refractivity contribution in [2.24, 2.45) is 0 Å². The third-order valence-corrected chi connectivity index (χ3v) is 3.61. The number of carbonyl (C=O) groups excluding carboxylic acids is 1. The van der Waals surface area contributed by atoms with E-state index < -0.39 is 0 Å². The average Bonchev–Trinajstić information content (AvgIpc) is 2.50. The normalized spacial score (nSPS) is 11.9. The van der Waals surface area contributed by atoms with Gasteiger partial charge in [-0.3, -0.25) is 4.79 Å². The molecular weight excluding hydrogens is 266 g/mol. The van der Waals surface area contributed by atoms with Crippen molar-refractivity contribution in [1.29, 1.82) is 0 Å². The predicted octanol–water partition coefficient (Wildman–Crippen LogP) is 3.58. The molecular formula is C17H19NOS. The minimum atomic E-state index is -0.322. The number of carbonyl (C=O) groups is 1. The van der Waals surface area contributed by atoms with Crippen LogP contribution >= 0.6 is 12.6 Å². The third-order valence-electron chi connectivity index (χ3n) is 3.21. The van der Waals surface area contributed by atoms with Gasteiger partial charge in [0.25, 0.3) is 0 Å². The first-order valence-electron chi connectivity index (χ1n) is 6.80. The lowest BCUT2D eigenvalue weighted by atomic mass is 10.1. The second kappa shape index (κ2) is 7.15. The molecule has 2 rings (SSSR count). The SMILES string of the molecule is CCN(C(=O)C(S)Cc1ccccc1)c1ccccc1. The number of hydrogen-bond donors (Lipinski definition) is 1. The molecule has 20 heavy (non-hydrogen) atoms. The Morgan fingerprint density at radius 1 is 1.05 bits per heavy atom. The highest BCUT2D eigenvalue weighted by atomic mass is 32.1. The van der Waals surface area contributed by atoms with E-state index in [1.165, 1.54) is 0 Å². The number of rotatable bonds is 5. The summed E-state index contributed by atoms with van der Waals surface area (Å²) >= 11 is 4.49. The van der Waals surface area contributed by atoms with Gasteiger partial charge in [0.1, 0.15) is 0 Å². The summed E-state index contributed by atoms with van der Waals surface area (Å²) in [6.45, 7) is 2.63. The van der Waals surface area contributed by atoms with Crippen molar-refractivity contribution in [2.45, 2.75) is 18.6 Å². The summed E-state index contributed by atoms with van der Waals surface area (Å²) in [5.41, 5.74) is 2.05. The number of anilines is 1. The molecule has 0 bridgehead atoms. The van der Waals surface area contributed by atoms with Gasteiger partial charge in [-0.1, -0.05) is 48.5 Å². The third kappa shape index (κ3) is 3.64. The zero-order chi connectivity index (χ0) is 14.4. The zero-order valence-electron chi connectivity index (χ0n) is 11.6. The molecule has 104 valence electrons. The van der Waals surface area contributed by atoms with Gasteiger partial charge in [-0.25, -0.2) is 0 Å². The minimum Gasteiger partial charge on any atom is -0.312 e. The number of amides is 1. The lowest BCUT2D eigenvalue weighted by molar-refractivity contribution is -0.118. The van der Waals surface area contributed by atoms with Crippen molar-refractivity contribution in [1.82, 2.24) is 0 Å². The molecule has 0 spiro atoms. The van der Waals surface area contributed by atoms with Gasteiger partial charge in [0.05, 0.1) is 5.25 Å². The van der Waals surface area contributed by atoms with E-state index in [1.54, 1.807) is 4.90 Å². The van der Waals surface area contributed by atoms with Crippen LogP contribution in [0.15, 0.2) is 60.7 Å². The molecule has 2 nitrogen and oxygen atoms in total. The van der Waals surface area contributed by atoms with Crippen LogP contribution in [0, 0.1) is 0 Å². The minimum absolute atomic E-state index is 0.0471. The zero-order valence-corrected chi connectivity index (χ0v) is 12.5. The first-order valence-corrected chi connectivity index (χ1v) is 7.32. The lowest BCUT2D eigenvalue weighted by Gasteiger charge is -2.24. The van der Waals surface area contributed by atoms with Gasteiger partial charge >= 0.3 is 0 Å². The number of benzene rings is 2. The number of para-hydroxylation sites is 1. The fourth-order valence-electron chi connectivity index (χ4n) is 2.18. The molecule has 1 atom stereocenters. The smallest absolute Gasteiger partial charge is 0.240 e. The molecule has 0 aliphatic rings. The highest BCUT2D eigenvalue weighted by Gasteiger charge is 2.21. The van der Waals surface area contributed by atoms with E-state index in [-0.39, 0.29) is 11.2 Å². The molecule has 0 aromatic heterocycles. The molecule has 0 fully saturated rings. The van der Waals surface area contributed by atoms with Crippen LogP contribution in [0.1, 0.15) is 12.5 Å². The molecule has 2 aromatic carbocycles. The van der Waals surface area contributed by atoms with E-state index in [0.717, 1.165) is 11.3 Å². The molecule has 1 unspecified atom stereocenters. The highest BCUT2D eigenvalue weighted by molar-refractivity contribution is 7.81. The van der Waals surface area contributed by atoms with Gasteiger partial charge in [0.15, 0.2) is 0 Å². The summed E-state index contributed by atoms with van der Waals surface area (Å²) in [4.78, 5) is 14.3. The Hall–Kier alpha value is -1.74. The summed E-state index contributed by atoms with van der Waals surface area (Å²) in [5.74, 6) is 0.0471. The van der Waals surface area contributed by atoms with E-state index in [1.807, 2.05) is 67.6 Å². The molecule has 3 heteroatoms.